The minimum atomic E-state index is -0.471. The molecule has 0 spiro atoms. The Morgan fingerprint density at radius 2 is 0.327 bits per heavy atom. The molecule has 18 heteroatoms. The van der Waals surface area contributed by atoms with Crippen LogP contribution in [0.15, 0.2) is 194 Å². The number of fused-ring (bicyclic) bond motifs is 16. The van der Waals surface area contributed by atoms with Crippen LogP contribution in [0.5, 0.6) is 23.0 Å². The molecule has 0 fully saturated rings. The Bertz CT molecular complexity index is 4240. The number of hydrogen-bond donors (Lipinski definition) is 8. The van der Waals surface area contributed by atoms with Gasteiger partial charge in [0.1, 0.15) is 23.0 Å². The largest absolute Gasteiger partial charge is 1.00 e. The van der Waals surface area contributed by atoms with Crippen molar-refractivity contribution in [3.63, 3.8) is 0 Å². The van der Waals surface area contributed by atoms with Crippen LogP contribution >= 0.6 is 0 Å². The third-order valence-electron chi connectivity index (χ3n) is 21.9. The molecular weight excluding hydrogens is 1410 g/mol. The first-order chi connectivity index (χ1) is 50.7. The molecule has 0 atom stereocenters. The van der Waals surface area contributed by atoms with Crippen LogP contribution in [0.25, 0.3) is 0 Å². The first kappa shape index (κ1) is 87.0. The van der Waals surface area contributed by atoms with E-state index in [9.17, 15) is 0 Å². The molecule has 8 N–H and O–H groups in total. The predicted molar refractivity (Wildman–Crippen MR) is 440 cm³/mol. The predicted octanol–water partition coefficient (Wildman–Crippen LogP) is 13.1. The van der Waals surface area contributed by atoms with Crippen molar-refractivity contribution in [1.82, 2.24) is 39.9 Å². The highest BCUT2D eigenvalue weighted by atomic mass is 35.5. The van der Waals surface area contributed by atoms with Crippen LogP contribution in [0.2, 0.25) is 0 Å². The van der Waals surface area contributed by atoms with E-state index in [1.807, 2.05) is 48.5 Å². The second-order valence-corrected chi connectivity index (χ2v) is 34.0. The van der Waals surface area contributed by atoms with Crippen LogP contribution in [0, 0.1) is 22.7 Å². The highest BCUT2D eigenvalue weighted by Crippen LogP contribution is 2.49. The van der Waals surface area contributed by atoms with E-state index in [0.29, 0.717) is 0 Å². The molecule has 110 heavy (non-hydrogen) atoms. The van der Waals surface area contributed by atoms with Gasteiger partial charge in [-0.1, -0.05) is 48.5 Å². The molecule has 10 heterocycles. The Morgan fingerprint density at radius 1 is 0.227 bits per heavy atom. The number of aromatic amines is 8. The number of nitrogens with zero attached hydrogens (tertiary/aromatic N) is 4. The molecule has 4 aromatic carbocycles. The molecule has 2 aliphatic rings. The number of rotatable bonds is 8. The van der Waals surface area contributed by atoms with E-state index >= 15 is 0 Å². The van der Waals surface area contributed by atoms with Gasteiger partial charge in [-0.3, -0.25) is 0 Å². The minimum absolute atomic E-state index is 0. The van der Waals surface area contributed by atoms with Crippen molar-refractivity contribution in [2.75, 3.05) is 84.8 Å². The van der Waals surface area contributed by atoms with E-state index in [-0.39, 0.29) is 46.5 Å². The monoisotopic (exact) mass is 1520 g/mol. The lowest BCUT2D eigenvalue weighted by Crippen LogP contribution is -3.00. The fourth-order valence-corrected chi connectivity index (χ4v) is 14.5. The van der Waals surface area contributed by atoms with Crippen molar-refractivity contribution in [3.8, 4) is 35.1 Å². The fraction of sp³-hybridized carbons (Fsp3) is 0.370. The molecule has 8 aromatic heterocycles. The van der Waals surface area contributed by atoms with Gasteiger partial charge in [-0.25, -0.2) is 0 Å². The molecule has 0 radical (unpaired) electrons. The molecule has 14 rings (SSSR count). The summed E-state index contributed by atoms with van der Waals surface area (Å²) >= 11 is 0. The number of aromatic nitrogens is 8. The lowest BCUT2D eigenvalue weighted by Gasteiger charge is -2.32. The first-order valence-electron chi connectivity index (χ1n) is 37.0. The van der Waals surface area contributed by atoms with Gasteiger partial charge in [0.25, 0.3) is 0 Å². The van der Waals surface area contributed by atoms with Crippen molar-refractivity contribution in [2.24, 2.45) is 0 Å². The SMILES string of the molecule is CC#N.CC#N.COc1ccc(C2(C)c3ccc([nH]3)C(C)(C)c3ccc([nH]3)C(C)(c3ccc(OC)cc3)c3ccc([nH]3)C(C)(C)c3ccc2[nH]3)cc1.COc1ccc(C2(C)c3ccc([nH]3)C(C)(C)c3ccc([nH]3)C(C)(c3ccc(OC)cc3)c3ccc([nH]3)C(C)(C)c3ccc2[nH]3)cc1.C[N+](C)(C)C.C[N+](C)(C)C.[Cl-].[Cl-]. The van der Waals surface area contributed by atoms with E-state index in [1.54, 1.807) is 40.6 Å². The van der Waals surface area contributed by atoms with Crippen LogP contribution in [-0.2, 0) is 43.3 Å². The molecule has 0 unspecified atom stereocenters. The van der Waals surface area contributed by atoms with Gasteiger partial charge in [-0.15, -0.1) is 0 Å². The van der Waals surface area contributed by atoms with E-state index in [4.69, 9.17) is 29.5 Å². The van der Waals surface area contributed by atoms with E-state index < -0.39 is 21.7 Å². The fourth-order valence-electron chi connectivity index (χ4n) is 14.5. The summed E-state index contributed by atoms with van der Waals surface area (Å²) in [6.07, 6.45) is 0. The zero-order valence-corrected chi connectivity index (χ0v) is 71.2. The van der Waals surface area contributed by atoms with Gasteiger partial charge in [0.2, 0.25) is 0 Å². The third kappa shape index (κ3) is 17.4. The van der Waals surface area contributed by atoms with Crippen LogP contribution in [0.1, 0.15) is 210 Å². The molecule has 16 bridgehead atoms. The maximum absolute atomic E-state index is 7.32. The molecule has 0 amide bonds. The zero-order chi connectivity index (χ0) is 79.4. The molecule has 2 aliphatic heterocycles. The summed E-state index contributed by atoms with van der Waals surface area (Å²) in [6, 6.07) is 73.1. The Kier molecular flexibility index (Phi) is 26.6. The summed E-state index contributed by atoms with van der Waals surface area (Å²) in [7, 11) is 23.8. The van der Waals surface area contributed by atoms with Crippen LogP contribution in [0.3, 0.4) is 0 Å². The smallest absolute Gasteiger partial charge is 0.118 e. The Morgan fingerprint density at radius 3 is 0.427 bits per heavy atom. The van der Waals surface area contributed by atoms with Gasteiger partial charge < -0.3 is 92.6 Å². The lowest BCUT2D eigenvalue weighted by atomic mass is 9.76. The van der Waals surface area contributed by atoms with E-state index in [0.717, 1.165) is 123 Å². The quantitative estimate of drug-likeness (QED) is 0.0693. The summed E-state index contributed by atoms with van der Waals surface area (Å²) in [5, 5.41) is 14.6. The van der Waals surface area contributed by atoms with Crippen molar-refractivity contribution in [1.29, 1.82) is 10.5 Å². The average Bonchev–Trinajstić information content (AvgIpc) is 1.57. The normalized spacial score (nSPS) is 19.3. The highest BCUT2D eigenvalue weighted by Gasteiger charge is 2.44. The standard InChI is InChI=1S/2C40H44N4O2.2C4H12N.2C2H3N.2ClH/c2*1-37(2)29-17-21-33(41-29)39(5,25-9-13-27(45-7)14-10-25)35-23-19-31(43-35)38(3,4)32-20-24-36(44-32)40(6,34-22-18-30(37)42-34)26-11-15-28(46-8)16-12-26;2*1-5(2,3)4;2*1-2-3;;/h2*9-24,41-44H,1-8H3;2*1-4H3;2*1H3;2*1H/q;;2*+1;;;;/p-2. The lowest BCUT2D eigenvalue weighted by molar-refractivity contribution is -0.849. The molecular formula is C92H118Cl2N12O4. The molecule has 0 saturated carbocycles. The number of methoxy groups -OCH3 is 4. The second kappa shape index (κ2) is 33.6. The topological polar surface area (TPSA) is 211 Å². The van der Waals surface area contributed by atoms with E-state index in [1.165, 1.54) is 36.1 Å². The van der Waals surface area contributed by atoms with Crippen molar-refractivity contribution in [3.05, 3.63) is 307 Å². The Hall–Kier alpha value is -10.2. The van der Waals surface area contributed by atoms with Crippen LogP contribution in [-0.4, -0.2) is 134 Å². The summed E-state index contributed by atoms with van der Waals surface area (Å²) in [5.41, 5.74) is 19.6. The number of nitrogens with one attached hydrogen (secondary N) is 8. The third-order valence-corrected chi connectivity index (χ3v) is 21.9. The van der Waals surface area contributed by atoms with Crippen molar-refractivity contribution in [2.45, 2.75) is 140 Å². The second-order valence-electron chi connectivity index (χ2n) is 34.0. The Balaban J connectivity index is 0.000000252. The average molecular weight is 1530 g/mol. The number of ether oxygens (including phenoxy) is 4. The van der Waals surface area contributed by atoms with Gasteiger partial charge in [-0.2, -0.15) is 10.5 Å². The molecule has 0 saturated heterocycles. The minimum Gasteiger partial charge on any atom is -1.00 e. The summed E-state index contributed by atoms with van der Waals surface area (Å²) < 4.78 is 24.1. The summed E-state index contributed by atoms with van der Waals surface area (Å²) in [5.74, 6) is 3.37. The molecule has 12 aromatic rings. The highest BCUT2D eigenvalue weighted by molar-refractivity contribution is 5.56. The maximum atomic E-state index is 7.32. The van der Waals surface area contributed by atoms with Gasteiger partial charge in [0.15, 0.2) is 0 Å². The van der Waals surface area contributed by atoms with Gasteiger partial charge in [0.05, 0.1) is 119 Å². The molecule has 584 valence electrons. The number of nitriles is 2. The number of quaternary nitrogens is 2. The van der Waals surface area contributed by atoms with Gasteiger partial charge in [0, 0.05) is 127 Å². The first-order valence-corrected chi connectivity index (χ1v) is 37.0. The number of H-pyrrole nitrogens is 8. The van der Waals surface area contributed by atoms with Crippen LogP contribution < -0.4 is 43.8 Å². The zero-order valence-electron chi connectivity index (χ0n) is 69.7. The number of benzene rings is 4. The number of hydrogen-bond acceptors (Lipinski definition) is 6. The van der Waals surface area contributed by atoms with E-state index in [2.05, 4.69) is 325 Å². The summed E-state index contributed by atoms with van der Waals surface area (Å²) in [4.78, 5) is 31.2. The van der Waals surface area contributed by atoms with Crippen LogP contribution in [0.4, 0.5) is 0 Å². The summed E-state index contributed by atoms with van der Waals surface area (Å²) in [6.45, 7) is 30.3. The Labute approximate surface area is 666 Å². The van der Waals surface area contributed by atoms with Crippen molar-refractivity contribution >= 4 is 0 Å². The molecule has 16 nitrogen and oxygen atoms in total. The van der Waals surface area contributed by atoms with Gasteiger partial charge >= 0.3 is 0 Å². The number of halogens is 2. The van der Waals surface area contributed by atoms with Crippen molar-refractivity contribution < 1.29 is 52.7 Å². The molecule has 0 aliphatic carbocycles. The van der Waals surface area contributed by atoms with Gasteiger partial charge in [-0.05, 0) is 251 Å². The maximum Gasteiger partial charge on any atom is 0.118 e.